The van der Waals surface area contributed by atoms with E-state index in [0.717, 1.165) is 17.7 Å². The molecule has 0 unspecified atom stereocenters. The van der Waals surface area contributed by atoms with E-state index in [1.54, 1.807) is 0 Å². The predicted octanol–water partition coefficient (Wildman–Crippen LogP) is 3.81. The van der Waals surface area contributed by atoms with Crippen molar-refractivity contribution in [2.24, 2.45) is 0 Å². The standard InChI is InChI=1S/C16H17NO/c1-3-13-10-9-12(2)15(11-13)17-16(18)14-7-5-4-6-8-14/h4-11H,3H2,1-2H3,(H,17,18). The number of amides is 1. The fourth-order valence-electron chi connectivity index (χ4n) is 1.81. The highest BCUT2D eigenvalue weighted by atomic mass is 16.1. The van der Waals surface area contributed by atoms with Gasteiger partial charge in [-0.25, -0.2) is 0 Å². The van der Waals surface area contributed by atoms with E-state index in [0.29, 0.717) is 5.56 Å². The van der Waals surface area contributed by atoms with Crippen LogP contribution in [0.4, 0.5) is 5.69 Å². The highest BCUT2D eigenvalue weighted by Gasteiger charge is 2.07. The van der Waals surface area contributed by atoms with Crippen LogP contribution in [-0.2, 0) is 6.42 Å². The summed E-state index contributed by atoms with van der Waals surface area (Å²) in [6.45, 7) is 4.10. The van der Waals surface area contributed by atoms with E-state index in [2.05, 4.69) is 18.3 Å². The van der Waals surface area contributed by atoms with Crippen molar-refractivity contribution in [3.8, 4) is 0 Å². The molecule has 0 aliphatic heterocycles. The zero-order chi connectivity index (χ0) is 13.0. The van der Waals surface area contributed by atoms with Crippen LogP contribution in [0, 0.1) is 6.92 Å². The van der Waals surface area contributed by atoms with Gasteiger partial charge >= 0.3 is 0 Å². The molecule has 0 aromatic heterocycles. The Balaban J connectivity index is 2.21. The van der Waals surface area contributed by atoms with Crippen LogP contribution in [0.25, 0.3) is 0 Å². The first-order valence-corrected chi connectivity index (χ1v) is 6.16. The van der Waals surface area contributed by atoms with Crippen LogP contribution in [0.15, 0.2) is 48.5 Å². The summed E-state index contributed by atoms with van der Waals surface area (Å²) in [5.74, 6) is -0.0630. The number of aryl methyl sites for hydroxylation is 2. The first-order chi connectivity index (χ1) is 8.70. The van der Waals surface area contributed by atoms with Crippen LogP contribution in [0.1, 0.15) is 28.4 Å². The minimum absolute atomic E-state index is 0.0630. The Hall–Kier alpha value is -2.09. The molecule has 1 N–H and O–H groups in total. The summed E-state index contributed by atoms with van der Waals surface area (Å²) in [5.41, 5.74) is 3.88. The van der Waals surface area contributed by atoms with E-state index >= 15 is 0 Å². The van der Waals surface area contributed by atoms with Gasteiger partial charge in [0, 0.05) is 11.3 Å². The van der Waals surface area contributed by atoms with Crippen LogP contribution < -0.4 is 5.32 Å². The second kappa shape index (κ2) is 5.50. The van der Waals surface area contributed by atoms with Crippen molar-refractivity contribution in [1.82, 2.24) is 0 Å². The lowest BCUT2D eigenvalue weighted by molar-refractivity contribution is 0.102. The van der Waals surface area contributed by atoms with Crippen molar-refractivity contribution in [3.63, 3.8) is 0 Å². The Bertz CT molecular complexity index is 546. The molecule has 0 radical (unpaired) electrons. The molecule has 0 heterocycles. The summed E-state index contributed by atoms with van der Waals surface area (Å²) in [5, 5.41) is 2.96. The van der Waals surface area contributed by atoms with Gasteiger partial charge in [0.15, 0.2) is 0 Å². The molecule has 0 bridgehead atoms. The number of carbonyl (C=O) groups excluding carboxylic acids is 1. The summed E-state index contributed by atoms with van der Waals surface area (Å²) in [7, 11) is 0. The zero-order valence-electron chi connectivity index (χ0n) is 10.7. The van der Waals surface area contributed by atoms with Gasteiger partial charge in [-0.1, -0.05) is 37.3 Å². The highest BCUT2D eigenvalue weighted by molar-refractivity contribution is 6.04. The number of benzene rings is 2. The molecule has 0 saturated heterocycles. The molecule has 0 spiro atoms. The molecule has 0 atom stereocenters. The van der Waals surface area contributed by atoms with E-state index in [4.69, 9.17) is 0 Å². The zero-order valence-corrected chi connectivity index (χ0v) is 10.7. The molecule has 2 aromatic rings. The first-order valence-electron chi connectivity index (χ1n) is 6.16. The molecule has 0 aliphatic carbocycles. The molecular formula is C16H17NO. The van der Waals surface area contributed by atoms with Gasteiger partial charge in [0.1, 0.15) is 0 Å². The predicted molar refractivity (Wildman–Crippen MR) is 75.0 cm³/mol. The number of nitrogens with one attached hydrogen (secondary N) is 1. The molecule has 18 heavy (non-hydrogen) atoms. The maximum absolute atomic E-state index is 12.1. The second-order valence-electron chi connectivity index (χ2n) is 4.32. The first kappa shape index (κ1) is 12.4. The lowest BCUT2D eigenvalue weighted by Gasteiger charge is -2.10. The topological polar surface area (TPSA) is 29.1 Å². The smallest absolute Gasteiger partial charge is 0.255 e. The Morgan fingerprint density at radius 3 is 2.50 bits per heavy atom. The van der Waals surface area contributed by atoms with Crippen molar-refractivity contribution in [1.29, 1.82) is 0 Å². The van der Waals surface area contributed by atoms with Crippen molar-refractivity contribution >= 4 is 11.6 Å². The normalized spacial score (nSPS) is 10.1. The monoisotopic (exact) mass is 239 g/mol. The summed E-state index contributed by atoms with van der Waals surface area (Å²) in [6.07, 6.45) is 0.967. The highest BCUT2D eigenvalue weighted by Crippen LogP contribution is 2.18. The van der Waals surface area contributed by atoms with Crippen LogP contribution in [-0.4, -0.2) is 5.91 Å². The van der Waals surface area contributed by atoms with E-state index in [1.165, 1.54) is 5.56 Å². The van der Waals surface area contributed by atoms with Crippen LogP contribution in [0.3, 0.4) is 0 Å². The molecule has 2 aromatic carbocycles. The summed E-state index contributed by atoms with van der Waals surface area (Å²) < 4.78 is 0. The fourth-order valence-corrected chi connectivity index (χ4v) is 1.81. The maximum Gasteiger partial charge on any atom is 0.255 e. The lowest BCUT2D eigenvalue weighted by atomic mass is 10.1. The van der Waals surface area contributed by atoms with Crippen LogP contribution >= 0.6 is 0 Å². The summed E-state index contributed by atoms with van der Waals surface area (Å²) in [4.78, 5) is 12.1. The van der Waals surface area contributed by atoms with Gasteiger partial charge in [-0.2, -0.15) is 0 Å². The average molecular weight is 239 g/mol. The Kier molecular flexibility index (Phi) is 3.78. The molecule has 2 rings (SSSR count). The Morgan fingerprint density at radius 1 is 1.11 bits per heavy atom. The molecule has 2 nitrogen and oxygen atoms in total. The van der Waals surface area contributed by atoms with Gasteiger partial charge in [0.2, 0.25) is 0 Å². The maximum atomic E-state index is 12.1. The number of hydrogen-bond acceptors (Lipinski definition) is 1. The minimum Gasteiger partial charge on any atom is -0.322 e. The lowest BCUT2D eigenvalue weighted by Crippen LogP contribution is -2.12. The van der Waals surface area contributed by atoms with Gasteiger partial charge < -0.3 is 5.32 Å². The van der Waals surface area contributed by atoms with E-state index in [9.17, 15) is 4.79 Å². The average Bonchev–Trinajstić information content (AvgIpc) is 2.42. The number of hydrogen-bond donors (Lipinski definition) is 1. The number of carbonyl (C=O) groups is 1. The Labute approximate surface area is 108 Å². The van der Waals surface area contributed by atoms with E-state index in [1.807, 2.05) is 49.4 Å². The molecule has 1 amide bonds. The van der Waals surface area contributed by atoms with Crippen LogP contribution in [0.2, 0.25) is 0 Å². The molecule has 92 valence electrons. The molecule has 2 heteroatoms. The minimum atomic E-state index is -0.0630. The van der Waals surface area contributed by atoms with Gasteiger partial charge in [-0.05, 0) is 42.7 Å². The summed E-state index contributed by atoms with van der Waals surface area (Å²) >= 11 is 0. The van der Waals surface area contributed by atoms with E-state index in [-0.39, 0.29) is 5.91 Å². The largest absolute Gasteiger partial charge is 0.322 e. The third kappa shape index (κ3) is 2.77. The van der Waals surface area contributed by atoms with Crippen molar-refractivity contribution < 1.29 is 4.79 Å². The SMILES string of the molecule is CCc1ccc(C)c(NC(=O)c2ccccc2)c1. The van der Waals surface area contributed by atoms with Crippen molar-refractivity contribution in [3.05, 3.63) is 65.2 Å². The number of anilines is 1. The van der Waals surface area contributed by atoms with Crippen LogP contribution in [0.5, 0.6) is 0 Å². The van der Waals surface area contributed by atoms with Crippen molar-refractivity contribution in [2.45, 2.75) is 20.3 Å². The molecule has 0 fully saturated rings. The van der Waals surface area contributed by atoms with Gasteiger partial charge in [-0.3, -0.25) is 4.79 Å². The van der Waals surface area contributed by atoms with Crippen molar-refractivity contribution in [2.75, 3.05) is 5.32 Å². The molecule has 0 aliphatic rings. The second-order valence-corrected chi connectivity index (χ2v) is 4.32. The van der Waals surface area contributed by atoms with Gasteiger partial charge in [0.05, 0.1) is 0 Å². The molecular weight excluding hydrogens is 222 g/mol. The quantitative estimate of drug-likeness (QED) is 0.867. The molecule has 0 saturated carbocycles. The third-order valence-electron chi connectivity index (χ3n) is 2.99. The Morgan fingerprint density at radius 2 is 1.83 bits per heavy atom. The van der Waals surface area contributed by atoms with Gasteiger partial charge in [0.25, 0.3) is 5.91 Å². The van der Waals surface area contributed by atoms with E-state index < -0.39 is 0 Å². The third-order valence-corrected chi connectivity index (χ3v) is 2.99. The van der Waals surface area contributed by atoms with Gasteiger partial charge in [-0.15, -0.1) is 0 Å². The number of rotatable bonds is 3. The fraction of sp³-hybridized carbons (Fsp3) is 0.188. The summed E-state index contributed by atoms with van der Waals surface area (Å²) in [6, 6.07) is 15.4.